The van der Waals surface area contributed by atoms with Crippen LogP contribution in [-0.2, 0) is 6.54 Å². The van der Waals surface area contributed by atoms with Crippen LogP contribution in [0.5, 0.6) is 0 Å². The first kappa shape index (κ1) is 13.4. The summed E-state index contributed by atoms with van der Waals surface area (Å²) in [6.07, 6.45) is 1.71. The summed E-state index contributed by atoms with van der Waals surface area (Å²) in [4.78, 5) is 17.0. The number of aromatic nitrogens is 3. The van der Waals surface area contributed by atoms with Gasteiger partial charge in [-0.3, -0.25) is 9.89 Å². The molecule has 0 fully saturated rings. The quantitative estimate of drug-likeness (QED) is 0.777. The Hall–Kier alpha value is -2.63. The van der Waals surface area contributed by atoms with Gasteiger partial charge in [0.2, 0.25) is 0 Å². The summed E-state index contributed by atoms with van der Waals surface area (Å²) in [7, 11) is 1.72. The molecule has 0 saturated heterocycles. The van der Waals surface area contributed by atoms with Crippen LogP contribution in [-0.4, -0.2) is 33.0 Å². The molecule has 5 nitrogen and oxygen atoms in total. The van der Waals surface area contributed by atoms with Crippen LogP contribution in [0.25, 0.3) is 10.9 Å². The standard InChI is InChI=1S/C15H15FN4O/c1-9-11(7-17-19-9)8-20(2)15(21)14-6-10-5-12(16)3-4-13(10)18-14/h3-7,18H,8H2,1-2H3,(H,17,19). The summed E-state index contributed by atoms with van der Waals surface area (Å²) in [6, 6.07) is 6.07. The van der Waals surface area contributed by atoms with Gasteiger partial charge < -0.3 is 9.88 Å². The van der Waals surface area contributed by atoms with Gasteiger partial charge in [0, 0.05) is 35.8 Å². The monoisotopic (exact) mass is 286 g/mol. The number of aromatic amines is 2. The van der Waals surface area contributed by atoms with Crippen LogP contribution >= 0.6 is 0 Å². The van der Waals surface area contributed by atoms with E-state index in [0.717, 1.165) is 16.8 Å². The van der Waals surface area contributed by atoms with Crippen LogP contribution in [0.4, 0.5) is 4.39 Å². The molecule has 0 aliphatic heterocycles. The third-order valence-electron chi connectivity index (χ3n) is 3.50. The summed E-state index contributed by atoms with van der Waals surface area (Å²) >= 11 is 0. The lowest BCUT2D eigenvalue weighted by molar-refractivity contribution is 0.0780. The van der Waals surface area contributed by atoms with E-state index in [1.54, 1.807) is 30.3 Å². The minimum Gasteiger partial charge on any atom is -0.351 e. The van der Waals surface area contributed by atoms with Gasteiger partial charge in [-0.05, 0) is 31.2 Å². The highest BCUT2D eigenvalue weighted by Gasteiger charge is 2.16. The number of H-pyrrole nitrogens is 2. The maximum atomic E-state index is 13.2. The number of carbonyl (C=O) groups excluding carboxylic acids is 1. The van der Waals surface area contributed by atoms with E-state index in [0.29, 0.717) is 17.6 Å². The molecular formula is C15H15FN4O. The maximum Gasteiger partial charge on any atom is 0.270 e. The van der Waals surface area contributed by atoms with Gasteiger partial charge in [0.1, 0.15) is 11.5 Å². The Bertz CT molecular complexity index is 805. The summed E-state index contributed by atoms with van der Waals surface area (Å²) in [5, 5.41) is 7.47. The maximum absolute atomic E-state index is 13.2. The average molecular weight is 286 g/mol. The fourth-order valence-corrected chi connectivity index (χ4v) is 2.29. The number of aryl methyl sites for hydroxylation is 1. The van der Waals surface area contributed by atoms with Gasteiger partial charge in [0.15, 0.2) is 0 Å². The summed E-state index contributed by atoms with van der Waals surface area (Å²) < 4.78 is 13.2. The van der Waals surface area contributed by atoms with Crippen molar-refractivity contribution in [2.24, 2.45) is 0 Å². The Balaban J connectivity index is 1.84. The van der Waals surface area contributed by atoms with Crippen molar-refractivity contribution in [3.05, 3.63) is 53.2 Å². The minimum absolute atomic E-state index is 0.146. The Kier molecular flexibility index (Phi) is 3.21. The molecule has 0 radical (unpaired) electrons. The van der Waals surface area contributed by atoms with Crippen LogP contribution in [0.2, 0.25) is 0 Å². The number of hydrogen-bond donors (Lipinski definition) is 2. The molecule has 2 aromatic heterocycles. The molecule has 0 aliphatic carbocycles. The summed E-state index contributed by atoms with van der Waals surface area (Å²) in [6.45, 7) is 2.37. The molecule has 2 heterocycles. The van der Waals surface area contributed by atoms with Gasteiger partial charge in [-0.2, -0.15) is 5.10 Å². The van der Waals surface area contributed by atoms with Gasteiger partial charge >= 0.3 is 0 Å². The van der Waals surface area contributed by atoms with Gasteiger partial charge in [0.05, 0.1) is 6.20 Å². The largest absolute Gasteiger partial charge is 0.351 e. The Labute approximate surface area is 120 Å². The number of amides is 1. The van der Waals surface area contributed by atoms with E-state index >= 15 is 0 Å². The molecule has 1 aromatic carbocycles. The normalized spacial score (nSPS) is 11.0. The molecule has 0 spiro atoms. The second kappa shape index (κ2) is 5.05. The van der Waals surface area contributed by atoms with Gasteiger partial charge in [-0.25, -0.2) is 4.39 Å². The van der Waals surface area contributed by atoms with Crippen molar-refractivity contribution in [1.29, 1.82) is 0 Å². The number of fused-ring (bicyclic) bond motifs is 1. The fourth-order valence-electron chi connectivity index (χ4n) is 2.29. The first-order valence-electron chi connectivity index (χ1n) is 6.57. The minimum atomic E-state index is -0.317. The number of halogens is 1. The number of rotatable bonds is 3. The molecule has 21 heavy (non-hydrogen) atoms. The van der Waals surface area contributed by atoms with Crippen molar-refractivity contribution in [3.8, 4) is 0 Å². The third kappa shape index (κ3) is 2.52. The van der Waals surface area contributed by atoms with Crippen molar-refractivity contribution in [2.45, 2.75) is 13.5 Å². The first-order valence-corrected chi connectivity index (χ1v) is 6.57. The molecule has 3 aromatic rings. The zero-order valence-corrected chi connectivity index (χ0v) is 11.8. The predicted octanol–water partition coefficient (Wildman–Crippen LogP) is 2.61. The van der Waals surface area contributed by atoms with E-state index in [1.807, 2.05) is 6.92 Å². The second-order valence-electron chi connectivity index (χ2n) is 5.10. The van der Waals surface area contributed by atoms with Crippen molar-refractivity contribution in [3.63, 3.8) is 0 Å². The molecule has 0 bridgehead atoms. The molecule has 0 unspecified atom stereocenters. The smallest absolute Gasteiger partial charge is 0.270 e. The average Bonchev–Trinajstić information content (AvgIpc) is 3.04. The lowest BCUT2D eigenvalue weighted by Gasteiger charge is -2.15. The molecular weight excluding hydrogens is 271 g/mol. The highest BCUT2D eigenvalue weighted by molar-refractivity contribution is 5.97. The third-order valence-corrected chi connectivity index (χ3v) is 3.50. The van der Waals surface area contributed by atoms with Crippen LogP contribution in [0.1, 0.15) is 21.7 Å². The van der Waals surface area contributed by atoms with Crippen molar-refractivity contribution in [1.82, 2.24) is 20.1 Å². The SMILES string of the molecule is Cc1[nH]ncc1CN(C)C(=O)c1cc2cc(F)ccc2[nH]1. The van der Waals surface area contributed by atoms with Crippen molar-refractivity contribution >= 4 is 16.8 Å². The van der Waals surface area contributed by atoms with E-state index in [9.17, 15) is 9.18 Å². The Morgan fingerprint density at radius 1 is 1.38 bits per heavy atom. The first-order chi connectivity index (χ1) is 10.0. The van der Waals surface area contributed by atoms with Gasteiger partial charge in [0.25, 0.3) is 5.91 Å². The predicted molar refractivity (Wildman–Crippen MR) is 77.4 cm³/mol. The summed E-state index contributed by atoms with van der Waals surface area (Å²) in [5.74, 6) is -0.463. The van der Waals surface area contributed by atoms with Crippen LogP contribution in [0, 0.1) is 12.7 Å². The number of nitrogens with one attached hydrogen (secondary N) is 2. The molecule has 2 N–H and O–H groups in total. The molecule has 3 rings (SSSR count). The van der Waals surface area contributed by atoms with E-state index in [-0.39, 0.29) is 11.7 Å². The zero-order valence-electron chi connectivity index (χ0n) is 11.8. The van der Waals surface area contributed by atoms with E-state index < -0.39 is 0 Å². The number of hydrogen-bond acceptors (Lipinski definition) is 2. The summed E-state index contributed by atoms with van der Waals surface area (Å²) in [5.41, 5.74) is 3.09. The van der Waals surface area contributed by atoms with Crippen molar-refractivity contribution in [2.75, 3.05) is 7.05 Å². The Morgan fingerprint density at radius 3 is 2.90 bits per heavy atom. The van der Waals surface area contributed by atoms with Crippen molar-refractivity contribution < 1.29 is 9.18 Å². The van der Waals surface area contributed by atoms with E-state index in [2.05, 4.69) is 15.2 Å². The molecule has 1 amide bonds. The molecule has 0 aliphatic rings. The zero-order chi connectivity index (χ0) is 15.0. The molecule has 6 heteroatoms. The van der Waals surface area contributed by atoms with Crippen LogP contribution in [0.3, 0.4) is 0 Å². The van der Waals surface area contributed by atoms with E-state index in [4.69, 9.17) is 0 Å². The van der Waals surface area contributed by atoms with E-state index in [1.165, 1.54) is 12.1 Å². The van der Waals surface area contributed by atoms with Gasteiger partial charge in [-0.1, -0.05) is 0 Å². The molecule has 0 saturated carbocycles. The topological polar surface area (TPSA) is 64.8 Å². The second-order valence-corrected chi connectivity index (χ2v) is 5.10. The number of nitrogens with zero attached hydrogens (tertiary/aromatic N) is 2. The molecule has 108 valence electrons. The number of benzene rings is 1. The lowest BCUT2D eigenvalue weighted by Crippen LogP contribution is -2.26. The fraction of sp³-hybridized carbons (Fsp3) is 0.200. The number of carbonyl (C=O) groups is 1. The van der Waals surface area contributed by atoms with Gasteiger partial charge in [-0.15, -0.1) is 0 Å². The van der Waals surface area contributed by atoms with Crippen LogP contribution in [0.15, 0.2) is 30.5 Å². The Morgan fingerprint density at radius 2 is 2.19 bits per heavy atom. The highest BCUT2D eigenvalue weighted by atomic mass is 19.1. The lowest BCUT2D eigenvalue weighted by atomic mass is 10.2. The highest BCUT2D eigenvalue weighted by Crippen LogP contribution is 2.18. The van der Waals surface area contributed by atoms with Crippen LogP contribution < -0.4 is 0 Å². The molecule has 0 atom stereocenters.